The molecule has 0 saturated carbocycles. The van der Waals surface area contributed by atoms with Gasteiger partial charge in [0.25, 0.3) is 0 Å². The Balaban J connectivity index is 1.88. The first-order valence-electron chi connectivity index (χ1n) is 8.35. The van der Waals surface area contributed by atoms with Gasteiger partial charge in [-0.25, -0.2) is 19.2 Å². The van der Waals surface area contributed by atoms with E-state index < -0.39 is 23.9 Å². The molecule has 7 heteroatoms. The topological polar surface area (TPSA) is 96.0 Å². The number of benzene rings is 3. The minimum absolute atomic E-state index is 0.0146. The lowest BCUT2D eigenvalue weighted by molar-refractivity contribution is 0.0364. The van der Waals surface area contributed by atoms with Gasteiger partial charge in [0.2, 0.25) is 0 Å². The van der Waals surface area contributed by atoms with Crippen molar-refractivity contribution in [2.24, 2.45) is 0 Å². The first-order valence-corrected chi connectivity index (χ1v) is 8.35. The molecule has 5 rings (SSSR count). The van der Waals surface area contributed by atoms with Crippen LogP contribution in [0.1, 0.15) is 47.0 Å². The molecular weight excluding hydrogens is 364 g/mol. The highest BCUT2D eigenvalue weighted by Gasteiger charge is 2.38. The molecule has 0 aliphatic carbocycles. The lowest BCUT2D eigenvalue weighted by Crippen LogP contribution is -2.25. The van der Waals surface area contributed by atoms with E-state index in [1.807, 2.05) is 13.0 Å². The normalized spacial score (nSPS) is 14.8. The van der Waals surface area contributed by atoms with Gasteiger partial charge in [-0.05, 0) is 42.8 Å². The van der Waals surface area contributed by atoms with Crippen LogP contribution in [0.3, 0.4) is 0 Å². The zero-order valence-corrected chi connectivity index (χ0v) is 14.4. The highest BCUT2D eigenvalue weighted by atomic mass is 16.6. The average molecular weight is 374 g/mol. The van der Waals surface area contributed by atoms with E-state index in [0.717, 1.165) is 5.56 Å². The van der Waals surface area contributed by atoms with Crippen LogP contribution < -0.4 is 4.74 Å². The summed E-state index contributed by atoms with van der Waals surface area (Å²) in [6.45, 7) is 1.88. The van der Waals surface area contributed by atoms with Gasteiger partial charge in [-0.3, -0.25) is 0 Å². The Kier molecular flexibility index (Phi) is 3.18. The van der Waals surface area contributed by atoms with Crippen LogP contribution in [0.25, 0.3) is 10.8 Å². The number of ether oxygens (including phenoxy) is 3. The zero-order valence-electron chi connectivity index (χ0n) is 14.4. The predicted molar refractivity (Wildman–Crippen MR) is 94.7 cm³/mol. The van der Waals surface area contributed by atoms with Crippen LogP contribution in [0.15, 0.2) is 42.5 Å². The predicted octanol–water partition coefficient (Wildman–Crippen LogP) is 3.56. The number of rotatable bonds is 2. The first kappa shape index (κ1) is 16.2. The van der Waals surface area contributed by atoms with Crippen molar-refractivity contribution in [1.82, 2.24) is 0 Å². The highest BCUT2D eigenvalue weighted by molar-refractivity contribution is 6.30. The van der Waals surface area contributed by atoms with Crippen molar-refractivity contribution in [3.05, 3.63) is 70.3 Å². The fourth-order valence-electron chi connectivity index (χ4n) is 3.52. The van der Waals surface area contributed by atoms with Crippen LogP contribution in [0.2, 0.25) is 0 Å². The maximum Gasteiger partial charge on any atom is 0.350 e. The average Bonchev–Trinajstić information content (AvgIpc) is 2.64. The van der Waals surface area contributed by atoms with Crippen molar-refractivity contribution in [3.8, 4) is 11.5 Å². The van der Waals surface area contributed by atoms with Gasteiger partial charge in [-0.15, -0.1) is 0 Å². The number of hydrogen-bond donors (Lipinski definition) is 0. The van der Waals surface area contributed by atoms with Crippen molar-refractivity contribution in [2.75, 3.05) is 0 Å². The number of carbonyl (C=O) groups excluding carboxylic acids is 4. The standard InChI is InChI=1S/C21H10O7/c1-9-3-2-4-10(7-9)26-14-8-13-15-11(18(22)27-20(13)24)5-6-12-16(15)17(14)21(25)28-19(12)23/h2-8H,1H3. The molecule has 0 saturated heterocycles. The first-order chi connectivity index (χ1) is 13.4. The number of hydrogen-bond acceptors (Lipinski definition) is 7. The molecule has 0 bridgehead atoms. The molecular formula is C21H10O7. The molecule has 0 atom stereocenters. The summed E-state index contributed by atoms with van der Waals surface area (Å²) in [7, 11) is 0. The van der Waals surface area contributed by atoms with Gasteiger partial charge in [-0.1, -0.05) is 12.1 Å². The van der Waals surface area contributed by atoms with E-state index in [2.05, 4.69) is 0 Å². The van der Waals surface area contributed by atoms with Crippen molar-refractivity contribution in [3.63, 3.8) is 0 Å². The molecule has 7 nitrogen and oxygen atoms in total. The van der Waals surface area contributed by atoms with Crippen molar-refractivity contribution < 1.29 is 33.4 Å². The van der Waals surface area contributed by atoms with Crippen LogP contribution in [-0.2, 0) is 9.47 Å². The van der Waals surface area contributed by atoms with E-state index >= 15 is 0 Å². The maximum atomic E-state index is 12.5. The molecule has 2 aliphatic heterocycles. The molecule has 0 fully saturated rings. The van der Waals surface area contributed by atoms with Gasteiger partial charge in [-0.2, -0.15) is 0 Å². The molecule has 3 aromatic carbocycles. The SMILES string of the molecule is Cc1cccc(Oc2cc3c4c(ccc5c4c2C(=O)OC5=O)C(=O)OC3=O)c1. The van der Waals surface area contributed by atoms with Gasteiger partial charge in [0.1, 0.15) is 17.1 Å². The Hall–Kier alpha value is -4.00. The van der Waals surface area contributed by atoms with Crippen LogP contribution in [0, 0.1) is 6.92 Å². The number of aryl methyl sites for hydroxylation is 1. The van der Waals surface area contributed by atoms with Crippen LogP contribution in [0.5, 0.6) is 11.5 Å². The van der Waals surface area contributed by atoms with Crippen LogP contribution in [0.4, 0.5) is 0 Å². The molecule has 0 unspecified atom stereocenters. The number of esters is 4. The second-order valence-corrected chi connectivity index (χ2v) is 6.48. The summed E-state index contributed by atoms with van der Waals surface area (Å²) in [5.41, 5.74) is 1.13. The van der Waals surface area contributed by atoms with Crippen molar-refractivity contribution >= 4 is 34.6 Å². The third kappa shape index (κ3) is 2.16. The third-order valence-corrected chi connectivity index (χ3v) is 4.70. The van der Waals surface area contributed by atoms with E-state index in [9.17, 15) is 19.2 Å². The van der Waals surface area contributed by atoms with Crippen LogP contribution >= 0.6 is 0 Å². The van der Waals surface area contributed by atoms with Gasteiger partial charge in [0, 0.05) is 10.8 Å². The van der Waals surface area contributed by atoms with Crippen molar-refractivity contribution in [1.29, 1.82) is 0 Å². The lowest BCUT2D eigenvalue weighted by atomic mass is 9.88. The monoisotopic (exact) mass is 374 g/mol. The summed E-state index contributed by atoms with van der Waals surface area (Å²) in [6.07, 6.45) is 0. The van der Waals surface area contributed by atoms with Gasteiger partial charge < -0.3 is 14.2 Å². The summed E-state index contributed by atoms with van der Waals surface area (Å²) >= 11 is 0. The molecule has 28 heavy (non-hydrogen) atoms. The summed E-state index contributed by atoms with van der Waals surface area (Å²) < 4.78 is 15.5. The highest BCUT2D eigenvalue weighted by Crippen LogP contribution is 2.42. The minimum atomic E-state index is -0.907. The Labute approximate surface area is 157 Å². The van der Waals surface area contributed by atoms with Gasteiger partial charge in [0.15, 0.2) is 0 Å². The quantitative estimate of drug-likeness (QED) is 0.500. The number of cyclic esters (lactones) is 4. The number of carbonyl (C=O) groups is 4. The summed E-state index contributed by atoms with van der Waals surface area (Å²) in [6, 6.07) is 11.2. The van der Waals surface area contributed by atoms with Crippen LogP contribution in [-0.4, -0.2) is 23.9 Å². The van der Waals surface area contributed by atoms with E-state index in [4.69, 9.17) is 14.2 Å². The Morgan fingerprint density at radius 1 is 0.714 bits per heavy atom. The summed E-state index contributed by atoms with van der Waals surface area (Å²) in [4.78, 5) is 49.2. The van der Waals surface area contributed by atoms with E-state index in [0.29, 0.717) is 5.75 Å². The van der Waals surface area contributed by atoms with E-state index in [1.54, 1.807) is 18.2 Å². The fourth-order valence-corrected chi connectivity index (χ4v) is 3.52. The molecule has 3 aromatic rings. The lowest BCUT2D eigenvalue weighted by Gasteiger charge is -2.23. The zero-order chi connectivity index (χ0) is 19.6. The fraction of sp³-hybridized carbons (Fsp3) is 0.0476. The Morgan fingerprint density at radius 3 is 2.07 bits per heavy atom. The smallest absolute Gasteiger partial charge is 0.350 e. The van der Waals surface area contributed by atoms with Gasteiger partial charge >= 0.3 is 23.9 Å². The molecule has 2 aliphatic rings. The second-order valence-electron chi connectivity index (χ2n) is 6.48. The molecule has 0 amide bonds. The van der Waals surface area contributed by atoms with E-state index in [1.165, 1.54) is 18.2 Å². The van der Waals surface area contributed by atoms with Gasteiger partial charge in [0.05, 0.1) is 16.7 Å². The molecule has 0 aromatic heterocycles. The largest absolute Gasteiger partial charge is 0.456 e. The summed E-state index contributed by atoms with van der Waals surface area (Å²) in [5, 5.41) is 0.347. The molecule has 0 spiro atoms. The molecule has 136 valence electrons. The Bertz CT molecular complexity index is 1270. The molecule has 0 N–H and O–H groups in total. The Morgan fingerprint density at radius 2 is 1.36 bits per heavy atom. The second kappa shape index (κ2) is 5.50. The summed E-state index contributed by atoms with van der Waals surface area (Å²) in [5.74, 6) is -3.00. The maximum absolute atomic E-state index is 12.5. The minimum Gasteiger partial charge on any atom is -0.456 e. The molecule has 0 radical (unpaired) electrons. The molecule has 2 heterocycles. The van der Waals surface area contributed by atoms with E-state index in [-0.39, 0.29) is 38.8 Å². The third-order valence-electron chi connectivity index (χ3n) is 4.70. The van der Waals surface area contributed by atoms with Crippen molar-refractivity contribution in [2.45, 2.75) is 6.92 Å².